The zero-order valence-electron chi connectivity index (χ0n) is 13.6. The van der Waals surface area contributed by atoms with Crippen LogP contribution in [-0.4, -0.2) is 50.8 Å². The fourth-order valence-electron chi connectivity index (χ4n) is 3.54. The lowest BCUT2D eigenvalue weighted by Gasteiger charge is -2.32. The number of anilines is 1. The summed E-state index contributed by atoms with van der Waals surface area (Å²) in [6.45, 7) is 4.76. The van der Waals surface area contributed by atoms with Crippen LogP contribution in [0.2, 0.25) is 0 Å². The number of carbonyl (C=O) groups excluding carboxylic acids is 1. The van der Waals surface area contributed by atoms with Crippen LogP contribution in [0.15, 0.2) is 25.2 Å². The van der Waals surface area contributed by atoms with Gasteiger partial charge in [-0.05, 0) is 24.5 Å². The number of fused-ring (bicyclic) bond motifs is 1. The number of nitrogens with zero attached hydrogens (tertiary/aromatic N) is 3. The van der Waals surface area contributed by atoms with Gasteiger partial charge in [-0.15, -0.1) is 0 Å². The number of halogens is 2. The van der Waals surface area contributed by atoms with Crippen molar-refractivity contribution < 1.29 is 13.6 Å². The second-order valence-electron chi connectivity index (χ2n) is 6.68. The minimum atomic E-state index is -2.65. The van der Waals surface area contributed by atoms with Crippen LogP contribution < -0.4 is 5.32 Å². The van der Waals surface area contributed by atoms with E-state index in [1.54, 1.807) is 11.1 Å². The van der Waals surface area contributed by atoms with Gasteiger partial charge in [0.15, 0.2) is 0 Å². The second kappa shape index (κ2) is 5.79. The molecule has 0 bridgehead atoms. The Labute approximate surface area is 143 Å². The number of rotatable bonds is 4. The quantitative estimate of drug-likeness (QED) is 0.834. The highest BCUT2D eigenvalue weighted by atomic mass is 19.3. The highest BCUT2D eigenvalue weighted by Gasteiger charge is 2.58. The first-order valence-electron chi connectivity index (χ1n) is 8.37. The number of carbonyl (C=O) groups is 1. The van der Waals surface area contributed by atoms with Crippen LogP contribution in [-0.2, 0) is 4.79 Å². The molecule has 0 aromatic carbocycles. The van der Waals surface area contributed by atoms with Gasteiger partial charge in [-0.2, -0.15) is 0 Å². The molecule has 1 saturated heterocycles. The zero-order chi connectivity index (χ0) is 17.6. The summed E-state index contributed by atoms with van der Waals surface area (Å²) in [6.07, 6.45) is 5.93. The van der Waals surface area contributed by atoms with Crippen LogP contribution in [0, 0.1) is 0 Å². The Morgan fingerprint density at radius 3 is 3.00 bits per heavy atom. The van der Waals surface area contributed by atoms with E-state index in [0.29, 0.717) is 35.5 Å². The molecule has 25 heavy (non-hydrogen) atoms. The van der Waals surface area contributed by atoms with Crippen molar-refractivity contribution in [3.8, 4) is 0 Å². The van der Waals surface area contributed by atoms with E-state index in [2.05, 4.69) is 26.8 Å². The molecule has 1 amide bonds. The molecule has 2 atom stereocenters. The topological polar surface area (TPSA) is 73.9 Å². The molecule has 2 aromatic heterocycles. The second-order valence-corrected chi connectivity index (χ2v) is 6.68. The molecule has 3 heterocycles. The van der Waals surface area contributed by atoms with E-state index in [9.17, 15) is 13.6 Å². The van der Waals surface area contributed by atoms with E-state index >= 15 is 0 Å². The molecule has 2 fully saturated rings. The molecule has 1 aliphatic carbocycles. The highest BCUT2D eigenvalue weighted by molar-refractivity contribution is 5.91. The number of piperidine rings is 1. The van der Waals surface area contributed by atoms with Crippen molar-refractivity contribution in [1.29, 1.82) is 0 Å². The molecule has 2 N–H and O–H groups in total. The van der Waals surface area contributed by atoms with Gasteiger partial charge in [0.1, 0.15) is 17.8 Å². The Balaban J connectivity index is 1.60. The molecule has 1 unspecified atom stereocenters. The van der Waals surface area contributed by atoms with Crippen LogP contribution in [0.4, 0.5) is 14.6 Å². The van der Waals surface area contributed by atoms with Crippen LogP contribution in [0.5, 0.6) is 0 Å². The molecule has 4 rings (SSSR count). The molecule has 1 saturated carbocycles. The van der Waals surface area contributed by atoms with E-state index in [1.165, 1.54) is 12.4 Å². The predicted molar refractivity (Wildman–Crippen MR) is 89.6 cm³/mol. The van der Waals surface area contributed by atoms with Gasteiger partial charge >= 0.3 is 0 Å². The maximum absolute atomic E-state index is 13.5. The molecular weight excluding hydrogens is 328 g/mol. The normalized spacial score (nSPS) is 25.0. The summed E-state index contributed by atoms with van der Waals surface area (Å²) in [6, 6.07) is 0.0122. The molecule has 8 heteroatoms. The SMILES string of the molecule is C=CC(=O)N1CCC[C@@H](Nc2ncnc3[nH]cc(C4CC4(F)F)c23)C1. The third kappa shape index (κ3) is 2.85. The summed E-state index contributed by atoms with van der Waals surface area (Å²) in [5, 5.41) is 3.95. The van der Waals surface area contributed by atoms with Crippen molar-refractivity contribution in [2.24, 2.45) is 0 Å². The van der Waals surface area contributed by atoms with Crippen molar-refractivity contribution >= 4 is 22.8 Å². The van der Waals surface area contributed by atoms with Crippen molar-refractivity contribution in [3.05, 3.63) is 30.7 Å². The fraction of sp³-hybridized carbons (Fsp3) is 0.471. The molecule has 2 aromatic rings. The standard InChI is InChI=1S/C17H19F2N5O/c1-2-13(25)24-5-3-4-10(8-24)23-16-14-11(12-6-17(12,18)19)7-20-15(14)21-9-22-16/h2,7,9-10,12H,1,3-6,8H2,(H2,20,21,22,23)/t10-,12?/m1/s1. The average molecular weight is 347 g/mol. The predicted octanol–water partition coefficient (Wildman–Crippen LogP) is 2.67. The van der Waals surface area contributed by atoms with E-state index in [1.807, 2.05) is 0 Å². The number of H-pyrrole nitrogens is 1. The lowest BCUT2D eigenvalue weighted by atomic mass is 10.0. The minimum Gasteiger partial charge on any atom is -0.365 e. The first-order valence-corrected chi connectivity index (χ1v) is 8.37. The van der Waals surface area contributed by atoms with Gasteiger partial charge in [0.2, 0.25) is 5.91 Å². The summed E-state index contributed by atoms with van der Waals surface area (Å²) in [4.78, 5) is 24.9. The minimum absolute atomic E-state index is 0.0122. The van der Waals surface area contributed by atoms with E-state index < -0.39 is 11.8 Å². The van der Waals surface area contributed by atoms with E-state index in [0.717, 1.165) is 12.8 Å². The molecule has 0 spiro atoms. The van der Waals surface area contributed by atoms with Crippen molar-refractivity contribution in [2.45, 2.75) is 37.1 Å². The number of hydrogen-bond acceptors (Lipinski definition) is 4. The van der Waals surface area contributed by atoms with E-state index in [4.69, 9.17) is 0 Å². The smallest absolute Gasteiger partial charge is 0.256 e. The van der Waals surface area contributed by atoms with Crippen LogP contribution in [0.25, 0.3) is 11.0 Å². The van der Waals surface area contributed by atoms with Gasteiger partial charge in [-0.1, -0.05) is 6.58 Å². The molecule has 1 aliphatic heterocycles. The number of likely N-dealkylation sites (tertiary alicyclic amines) is 1. The Bertz CT molecular complexity index is 834. The first-order chi connectivity index (χ1) is 12.0. The van der Waals surface area contributed by atoms with Crippen LogP contribution in [0.3, 0.4) is 0 Å². The average Bonchev–Trinajstić information content (AvgIpc) is 3.04. The number of aromatic nitrogens is 3. The Kier molecular flexibility index (Phi) is 3.70. The largest absolute Gasteiger partial charge is 0.365 e. The summed E-state index contributed by atoms with van der Waals surface area (Å²) < 4.78 is 27.1. The number of aromatic amines is 1. The lowest BCUT2D eigenvalue weighted by Crippen LogP contribution is -2.44. The van der Waals surface area contributed by atoms with Gasteiger partial charge in [0, 0.05) is 31.7 Å². The number of alkyl halides is 2. The third-order valence-corrected chi connectivity index (χ3v) is 4.95. The summed E-state index contributed by atoms with van der Waals surface area (Å²) in [7, 11) is 0. The van der Waals surface area contributed by atoms with Crippen LogP contribution >= 0.6 is 0 Å². The molecule has 6 nitrogen and oxygen atoms in total. The van der Waals surface area contributed by atoms with Gasteiger partial charge in [0.25, 0.3) is 5.92 Å². The number of amides is 1. The molecule has 2 aliphatic rings. The zero-order valence-corrected chi connectivity index (χ0v) is 13.6. The maximum atomic E-state index is 13.5. The van der Waals surface area contributed by atoms with E-state index in [-0.39, 0.29) is 18.4 Å². The van der Waals surface area contributed by atoms with Crippen molar-refractivity contribution in [3.63, 3.8) is 0 Å². The summed E-state index contributed by atoms with van der Waals surface area (Å²) in [5.41, 5.74) is 1.10. The summed E-state index contributed by atoms with van der Waals surface area (Å²) in [5.74, 6) is -2.99. The maximum Gasteiger partial charge on any atom is 0.256 e. The van der Waals surface area contributed by atoms with Crippen LogP contribution in [0.1, 0.15) is 30.7 Å². The fourth-order valence-corrected chi connectivity index (χ4v) is 3.54. The number of hydrogen-bond donors (Lipinski definition) is 2. The summed E-state index contributed by atoms with van der Waals surface area (Å²) >= 11 is 0. The number of nitrogens with one attached hydrogen (secondary N) is 2. The monoisotopic (exact) mass is 347 g/mol. The van der Waals surface area contributed by atoms with Gasteiger partial charge in [0.05, 0.1) is 11.3 Å². The molecule has 132 valence electrons. The Morgan fingerprint density at radius 1 is 1.48 bits per heavy atom. The van der Waals surface area contributed by atoms with Gasteiger partial charge in [-0.25, -0.2) is 18.7 Å². The molecular formula is C17H19F2N5O. The van der Waals surface area contributed by atoms with Gasteiger partial charge < -0.3 is 15.2 Å². The van der Waals surface area contributed by atoms with Crippen molar-refractivity contribution in [1.82, 2.24) is 19.9 Å². The molecule has 0 radical (unpaired) electrons. The van der Waals surface area contributed by atoms with Crippen molar-refractivity contribution in [2.75, 3.05) is 18.4 Å². The van der Waals surface area contributed by atoms with Gasteiger partial charge in [-0.3, -0.25) is 4.79 Å². The first kappa shape index (κ1) is 16.0. The Morgan fingerprint density at radius 2 is 2.28 bits per heavy atom. The Hall–Kier alpha value is -2.51. The third-order valence-electron chi connectivity index (χ3n) is 4.95. The lowest BCUT2D eigenvalue weighted by molar-refractivity contribution is -0.127. The highest BCUT2D eigenvalue weighted by Crippen LogP contribution is 2.57.